The molecule has 4 heteroatoms. The molecule has 2 aromatic rings. The van der Waals surface area contributed by atoms with Gasteiger partial charge in [-0.15, -0.1) is 0 Å². The van der Waals surface area contributed by atoms with E-state index in [-0.39, 0.29) is 5.56 Å². The molecule has 0 saturated carbocycles. The second-order valence-electron chi connectivity index (χ2n) is 4.22. The third kappa shape index (κ3) is 3.48. The van der Waals surface area contributed by atoms with Gasteiger partial charge in [0, 0.05) is 10.6 Å². The maximum atomic E-state index is 10.8. The highest BCUT2D eigenvalue weighted by atomic mass is 35.5. The molecule has 0 spiro atoms. The molecular formula is C15H13ClO3. The predicted molar refractivity (Wildman–Crippen MR) is 73.9 cm³/mol. The van der Waals surface area contributed by atoms with Crippen LogP contribution in [0.15, 0.2) is 42.5 Å². The minimum atomic E-state index is -0.973. The van der Waals surface area contributed by atoms with Gasteiger partial charge in [-0.1, -0.05) is 29.8 Å². The summed E-state index contributed by atoms with van der Waals surface area (Å²) in [7, 11) is 0. The Labute approximate surface area is 116 Å². The van der Waals surface area contributed by atoms with Crippen LogP contribution in [0.2, 0.25) is 5.02 Å². The lowest BCUT2D eigenvalue weighted by Gasteiger charge is -2.09. The minimum absolute atomic E-state index is 0.201. The van der Waals surface area contributed by atoms with Gasteiger partial charge in [-0.25, -0.2) is 4.79 Å². The number of aromatic carboxylic acids is 1. The number of hydrogen-bond acceptors (Lipinski definition) is 2. The van der Waals surface area contributed by atoms with Gasteiger partial charge in [0.05, 0.1) is 5.56 Å². The van der Waals surface area contributed by atoms with E-state index < -0.39 is 5.97 Å². The fraction of sp³-hybridized carbons (Fsp3) is 0.133. The number of rotatable bonds is 4. The quantitative estimate of drug-likeness (QED) is 0.920. The number of halogens is 1. The number of carboxylic acids is 1. The second-order valence-corrected chi connectivity index (χ2v) is 4.62. The van der Waals surface area contributed by atoms with E-state index in [2.05, 4.69) is 0 Å². The van der Waals surface area contributed by atoms with E-state index in [1.165, 1.54) is 12.1 Å². The summed E-state index contributed by atoms with van der Waals surface area (Å²) in [6.45, 7) is 2.27. The molecule has 0 fully saturated rings. The molecule has 0 aliphatic heterocycles. The van der Waals surface area contributed by atoms with Crippen LogP contribution in [0.1, 0.15) is 21.5 Å². The Bertz CT molecular complexity index is 608. The molecule has 2 aromatic carbocycles. The summed E-state index contributed by atoms with van der Waals surface area (Å²) in [4.78, 5) is 10.8. The molecule has 0 aliphatic carbocycles. The van der Waals surface area contributed by atoms with Crippen LogP contribution < -0.4 is 4.74 Å². The van der Waals surface area contributed by atoms with Crippen LogP contribution in [-0.4, -0.2) is 11.1 Å². The normalized spacial score (nSPS) is 10.2. The number of carboxylic acid groups (broad SMARTS) is 1. The molecule has 3 nitrogen and oxygen atoms in total. The van der Waals surface area contributed by atoms with E-state index in [1.54, 1.807) is 12.1 Å². The zero-order valence-electron chi connectivity index (χ0n) is 10.4. The standard InChI is InChI=1S/C15H13ClO3/c1-10-5-6-12(14(16)7-10)9-19-13-4-2-3-11(8-13)15(17)18/h2-8H,9H2,1H3,(H,17,18). The second kappa shape index (κ2) is 5.76. The van der Waals surface area contributed by atoms with Gasteiger partial charge in [-0.2, -0.15) is 0 Å². The van der Waals surface area contributed by atoms with E-state index in [4.69, 9.17) is 21.4 Å². The van der Waals surface area contributed by atoms with Crippen molar-refractivity contribution in [1.29, 1.82) is 0 Å². The fourth-order valence-corrected chi connectivity index (χ4v) is 1.94. The zero-order valence-corrected chi connectivity index (χ0v) is 11.1. The highest BCUT2D eigenvalue weighted by Crippen LogP contribution is 2.20. The first-order valence-electron chi connectivity index (χ1n) is 5.77. The van der Waals surface area contributed by atoms with Crippen LogP contribution >= 0.6 is 11.6 Å². The number of hydrogen-bond donors (Lipinski definition) is 1. The highest BCUT2D eigenvalue weighted by Gasteiger charge is 2.05. The summed E-state index contributed by atoms with van der Waals surface area (Å²) in [5, 5.41) is 9.54. The Morgan fingerprint density at radius 3 is 2.74 bits per heavy atom. The average Bonchev–Trinajstić information content (AvgIpc) is 2.38. The Kier molecular flexibility index (Phi) is 4.07. The summed E-state index contributed by atoms with van der Waals surface area (Å²) >= 11 is 6.10. The lowest BCUT2D eigenvalue weighted by molar-refractivity contribution is 0.0696. The Hall–Kier alpha value is -2.00. The summed E-state index contributed by atoms with van der Waals surface area (Å²) in [5.74, 6) is -0.463. The minimum Gasteiger partial charge on any atom is -0.489 e. The molecule has 0 heterocycles. The van der Waals surface area contributed by atoms with Crippen molar-refractivity contribution in [2.24, 2.45) is 0 Å². The molecule has 0 aliphatic rings. The van der Waals surface area contributed by atoms with Gasteiger partial charge in [0.15, 0.2) is 0 Å². The number of benzene rings is 2. The van der Waals surface area contributed by atoms with Crippen molar-refractivity contribution in [3.63, 3.8) is 0 Å². The van der Waals surface area contributed by atoms with Crippen molar-refractivity contribution in [2.75, 3.05) is 0 Å². The van der Waals surface area contributed by atoms with Gasteiger partial charge >= 0.3 is 5.97 Å². The van der Waals surface area contributed by atoms with Crippen molar-refractivity contribution in [3.05, 3.63) is 64.2 Å². The average molecular weight is 277 g/mol. The maximum absolute atomic E-state index is 10.8. The molecule has 2 rings (SSSR count). The van der Waals surface area contributed by atoms with Crippen LogP contribution in [0.25, 0.3) is 0 Å². The third-order valence-electron chi connectivity index (χ3n) is 2.68. The SMILES string of the molecule is Cc1ccc(COc2cccc(C(=O)O)c2)c(Cl)c1. The topological polar surface area (TPSA) is 46.5 Å². The molecule has 1 N–H and O–H groups in total. The Balaban J connectivity index is 2.10. The number of carbonyl (C=O) groups is 1. The van der Waals surface area contributed by atoms with Gasteiger partial charge in [0.1, 0.15) is 12.4 Å². The molecule has 0 bridgehead atoms. The van der Waals surface area contributed by atoms with Crippen LogP contribution in [0.3, 0.4) is 0 Å². The van der Waals surface area contributed by atoms with Crippen molar-refractivity contribution in [3.8, 4) is 5.75 Å². The van der Waals surface area contributed by atoms with Crippen LogP contribution in [0.4, 0.5) is 0 Å². The Morgan fingerprint density at radius 1 is 1.26 bits per heavy atom. The lowest BCUT2D eigenvalue weighted by Crippen LogP contribution is -1.99. The summed E-state index contributed by atoms with van der Waals surface area (Å²) < 4.78 is 5.56. The lowest BCUT2D eigenvalue weighted by atomic mass is 10.1. The number of aryl methyl sites for hydroxylation is 1. The van der Waals surface area contributed by atoms with Crippen molar-refractivity contribution < 1.29 is 14.6 Å². The predicted octanol–water partition coefficient (Wildman–Crippen LogP) is 3.93. The fourth-order valence-electron chi connectivity index (χ4n) is 1.65. The highest BCUT2D eigenvalue weighted by molar-refractivity contribution is 6.31. The third-order valence-corrected chi connectivity index (χ3v) is 3.04. The van der Waals surface area contributed by atoms with E-state index in [1.807, 2.05) is 25.1 Å². The van der Waals surface area contributed by atoms with Gasteiger partial charge in [-0.3, -0.25) is 0 Å². The van der Waals surface area contributed by atoms with Crippen molar-refractivity contribution in [1.82, 2.24) is 0 Å². The van der Waals surface area contributed by atoms with Crippen LogP contribution in [0, 0.1) is 6.92 Å². The van der Waals surface area contributed by atoms with Gasteiger partial charge < -0.3 is 9.84 Å². The molecule has 0 unspecified atom stereocenters. The van der Waals surface area contributed by atoms with E-state index >= 15 is 0 Å². The van der Waals surface area contributed by atoms with Crippen molar-refractivity contribution >= 4 is 17.6 Å². The number of ether oxygens (including phenoxy) is 1. The first-order valence-corrected chi connectivity index (χ1v) is 6.15. The maximum Gasteiger partial charge on any atom is 0.335 e. The van der Waals surface area contributed by atoms with Crippen molar-refractivity contribution in [2.45, 2.75) is 13.5 Å². The molecule has 0 saturated heterocycles. The molecule has 0 amide bonds. The van der Waals surface area contributed by atoms with Crippen LogP contribution in [0.5, 0.6) is 5.75 Å². The largest absolute Gasteiger partial charge is 0.489 e. The molecule has 98 valence electrons. The van der Waals surface area contributed by atoms with Gasteiger partial charge in [-0.05, 0) is 36.8 Å². The van der Waals surface area contributed by atoms with Gasteiger partial charge in [0.2, 0.25) is 0 Å². The smallest absolute Gasteiger partial charge is 0.335 e. The summed E-state index contributed by atoms with van der Waals surface area (Å²) in [6.07, 6.45) is 0. The first kappa shape index (κ1) is 13.4. The molecule has 0 aromatic heterocycles. The van der Waals surface area contributed by atoms with Gasteiger partial charge in [0.25, 0.3) is 0 Å². The summed E-state index contributed by atoms with van der Waals surface area (Å²) in [6, 6.07) is 12.1. The van der Waals surface area contributed by atoms with E-state index in [9.17, 15) is 4.79 Å². The molecule has 0 radical (unpaired) electrons. The monoisotopic (exact) mass is 276 g/mol. The molecule has 19 heavy (non-hydrogen) atoms. The summed E-state index contributed by atoms with van der Waals surface area (Å²) in [5.41, 5.74) is 2.15. The molecular weight excluding hydrogens is 264 g/mol. The molecule has 0 atom stereocenters. The van der Waals surface area contributed by atoms with E-state index in [0.717, 1.165) is 11.1 Å². The van der Waals surface area contributed by atoms with E-state index in [0.29, 0.717) is 17.4 Å². The first-order chi connectivity index (χ1) is 9.06. The van der Waals surface area contributed by atoms with Crippen LogP contribution in [-0.2, 0) is 6.61 Å². The Morgan fingerprint density at radius 2 is 2.05 bits per heavy atom. The zero-order chi connectivity index (χ0) is 13.8.